The highest BCUT2D eigenvalue weighted by Crippen LogP contribution is 2.20. The first-order valence-electron chi connectivity index (χ1n) is 5.74. The second kappa shape index (κ2) is 5.64. The molecule has 98 valence electrons. The number of anilines is 1. The zero-order valence-corrected chi connectivity index (χ0v) is 10.7. The van der Waals surface area contributed by atoms with E-state index in [9.17, 15) is 9.59 Å². The van der Waals surface area contributed by atoms with Crippen LogP contribution in [0.5, 0.6) is 0 Å². The van der Waals surface area contributed by atoms with Crippen LogP contribution in [0.2, 0.25) is 0 Å². The second-order valence-corrected chi connectivity index (χ2v) is 4.42. The fourth-order valence-electron chi connectivity index (χ4n) is 1.49. The van der Waals surface area contributed by atoms with E-state index in [1.54, 1.807) is 32.9 Å². The SMILES string of the molecule is Cc1c(NC(=O)C(C)C(C)N)cccc1C(=O)O. The highest BCUT2D eigenvalue weighted by molar-refractivity contribution is 5.97. The van der Waals surface area contributed by atoms with Crippen LogP contribution in [0.25, 0.3) is 0 Å². The van der Waals surface area contributed by atoms with Gasteiger partial charge in [0, 0.05) is 11.7 Å². The zero-order chi connectivity index (χ0) is 13.9. The van der Waals surface area contributed by atoms with E-state index in [0.29, 0.717) is 11.3 Å². The Bertz CT molecular complexity index is 469. The van der Waals surface area contributed by atoms with E-state index in [0.717, 1.165) is 0 Å². The molecule has 0 heterocycles. The average molecular weight is 250 g/mol. The first-order chi connectivity index (χ1) is 8.34. The molecule has 4 N–H and O–H groups in total. The molecule has 1 aromatic rings. The number of amides is 1. The molecule has 0 saturated carbocycles. The third-order valence-electron chi connectivity index (χ3n) is 3.02. The van der Waals surface area contributed by atoms with E-state index in [1.807, 2.05) is 0 Å². The number of benzene rings is 1. The molecule has 0 aliphatic rings. The number of carbonyl (C=O) groups is 2. The Morgan fingerprint density at radius 1 is 1.33 bits per heavy atom. The monoisotopic (exact) mass is 250 g/mol. The minimum atomic E-state index is -1.01. The Balaban J connectivity index is 2.96. The molecule has 2 unspecified atom stereocenters. The summed E-state index contributed by atoms with van der Waals surface area (Å²) >= 11 is 0. The van der Waals surface area contributed by atoms with Crippen LogP contribution in [0.4, 0.5) is 5.69 Å². The van der Waals surface area contributed by atoms with Gasteiger partial charge < -0.3 is 16.2 Å². The van der Waals surface area contributed by atoms with Crippen molar-refractivity contribution in [1.82, 2.24) is 0 Å². The van der Waals surface area contributed by atoms with Crippen LogP contribution in [0.3, 0.4) is 0 Å². The van der Waals surface area contributed by atoms with Crippen molar-refractivity contribution in [2.24, 2.45) is 11.7 Å². The number of nitrogens with one attached hydrogen (secondary N) is 1. The molecule has 0 radical (unpaired) electrons. The molecule has 1 rings (SSSR count). The Morgan fingerprint density at radius 2 is 1.94 bits per heavy atom. The van der Waals surface area contributed by atoms with E-state index in [4.69, 9.17) is 10.8 Å². The lowest BCUT2D eigenvalue weighted by Crippen LogP contribution is -2.34. The molecule has 18 heavy (non-hydrogen) atoms. The van der Waals surface area contributed by atoms with Crippen LogP contribution >= 0.6 is 0 Å². The third-order valence-corrected chi connectivity index (χ3v) is 3.02. The summed E-state index contributed by atoms with van der Waals surface area (Å²) in [4.78, 5) is 22.8. The molecule has 1 aromatic carbocycles. The number of carbonyl (C=O) groups excluding carboxylic acids is 1. The molecular formula is C13H18N2O3. The van der Waals surface area contributed by atoms with Crippen molar-refractivity contribution in [3.05, 3.63) is 29.3 Å². The van der Waals surface area contributed by atoms with Gasteiger partial charge >= 0.3 is 5.97 Å². The first-order valence-corrected chi connectivity index (χ1v) is 5.74. The first kappa shape index (κ1) is 14.2. The summed E-state index contributed by atoms with van der Waals surface area (Å²) in [7, 11) is 0. The summed E-state index contributed by atoms with van der Waals surface area (Å²) in [6, 6.07) is 4.52. The summed E-state index contributed by atoms with van der Waals surface area (Å²) in [6.07, 6.45) is 0. The fourth-order valence-corrected chi connectivity index (χ4v) is 1.49. The molecule has 5 nitrogen and oxygen atoms in total. The van der Waals surface area contributed by atoms with Crippen molar-refractivity contribution < 1.29 is 14.7 Å². The number of hydrogen-bond acceptors (Lipinski definition) is 3. The van der Waals surface area contributed by atoms with Gasteiger partial charge in [0.05, 0.1) is 11.5 Å². The average Bonchev–Trinajstić information content (AvgIpc) is 2.30. The fraction of sp³-hybridized carbons (Fsp3) is 0.385. The van der Waals surface area contributed by atoms with Crippen molar-refractivity contribution in [3.8, 4) is 0 Å². The largest absolute Gasteiger partial charge is 0.478 e. The van der Waals surface area contributed by atoms with Crippen molar-refractivity contribution in [1.29, 1.82) is 0 Å². The normalized spacial score (nSPS) is 13.8. The van der Waals surface area contributed by atoms with Gasteiger partial charge in [-0.2, -0.15) is 0 Å². The number of carboxylic acid groups (broad SMARTS) is 1. The molecular weight excluding hydrogens is 232 g/mol. The van der Waals surface area contributed by atoms with Crippen LogP contribution in [-0.4, -0.2) is 23.0 Å². The minimum Gasteiger partial charge on any atom is -0.478 e. The lowest BCUT2D eigenvalue weighted by molar-refractivity contribution is -0.119. The van der Waals surface area contributed by atoms with E-state index in [-0.39, 0.29) is 23.4 Å². The molecule has 0 aromatic heterocycles. The molecule has 0 saturated heterocycles. The summed E-state index contributed by atoms with van der Waals surface area (Å²) in [6.45, 7) is 5.15. The Labute approximate surface area is 106 Å². The van der Waals surface area contributed by atoms with Gasteiger partial charge in [0.15, 0.2) is 0 Å². The summed E-state index contributed by atoms with van der Waals surface area (Å²) in [5.74, 6) is -1.56. The number of rotatable bonds is 4. The van der Waals surface area contributed by atoms with E-state index >= 15 is 0 Å². The number of aromatic carboxylic acids is 1. The Kier molecular flexibility index (Phi) is 4.44. The number of carboxylic acids is 1. The highest BCUT2D eigenvalue weighted by atomic mass is 16.4. The highest BCUT2D eigenvalue weighted by Gasteiger charge is 2.18. The Hall–Kier alpha value is -1.88. The third kappa shape index (κ3) is 3.07. The molecule has 0 aliphatic heterocycles. The van der Waals surface area contributed by atoms with E-state index < -0.39 is 5.97 Å². The van der Waals surface area contributed by atoms with Crippen molar-refractivity contribution >= 4 is 17.6 Å². The zero-order valence-electron chi connectivity index (χ0n) is 10.7. The topological polar surface area (TPSA) is 92.4 Å². The van der Waals surface area contributed by atoms with Crippen LogP contribution in [0.15, 0.2) is 18.2 Å². The van der Waals surface area contributed by atoms with Gasteiger partial charge in [-0.25, -0.2) is 4.79 Å². The number of nitrogens with two attached hydrogens (primary N) is 1. The lowest BCUT2D eigenvalue weighted by atomic mass is 10.0. The molecule has 2 atom stereocenters. The summed E-state index contributed by atoms with van der Waals surface area (Å²) in [5.41, 5.74) is 6.88. The summed E-state index contributed by atoms with van der Waals surface area (Å²) < 4.78 is 0. The van der Waals surface area contributed by atoms with Gasteiger partial charge in [-0.15, -0.1) is 0 Å². The van der Waals surface area contributed by atoms with Crippen LogP contribution < -0.4 is 11.1 Å². The minimum absolute atomic E-state index is 0.182. The van der Waals surface area contributed by atoms with E-state index in [1.165, 1.54) is 6.07 Å². The summed E-state index contributed by atoms with van der Waals surface area (Å²) in [5, 5.41) is 11.7. The van der Waals surface area contributed by atoms with E-state index in [2.05, 4.69) is 5.32 Å². The molecule has 0 fully saturated rings. The number of hydrogen-bond donors (Lipinski definition) is 3. The van der Waals surface area contributed by atoms with Gasteiger partial charge in [0.2, 0.25) is 5.91 Å². The maximum absolute atomic E-state index is 11.8. The smallest absolute Gasteiger partial charge is 0.336 e. The molecule has 1 amide bonds. The van der Waals surface area contributed by atoms with Crippen molar-refractivity contribution in [2.75, 3.05) is 5.32 Å². The van der Waals surface area contributed by atoms with Crippen molar-refractivity contribution in [3.63, 3.8) is 0 Å². The quantitative estimate of drug-likeness (QED) is 0.757. The van der Waals surface area contributed by atoms with Crippen LogP contribution in [0, 0.1) is 12.8 Å². The van der Waals surface area contributed by atoms with Gasteiger partial charge in [0.1, 0.15) is 0 Å². The standard InChI is InChI=1S/C13H18N2O3/c1-7(9(3)14)12(16)15-11-6-4-5-10(8(11)2)13(17)18/h4-7,9H,14H2,1-3H3,(H,15,16)(H,17,18). The Morgan fingerprint density at radius 3 is 2.44 bits per heavy atom. The molecule has 0 spiro atoms. The predicted octanol–water partition coefficient (Wildman–Crippen LogP) is 1.62. The van der Waals surface area contributed by atoms with Gasteiger partial charge in [-0.05, 0) is 31.5 Å². The molecule has 0 bridgehead atoms. The predicted molar refractivity (Wildman–Crippen MR) is 69.6 cm³/mol. The van der Waals surface area contributed by atoms with Gasteiger partial charge in [-0.1, -0.05) is 13.0 Å². The maximum Gasteiger partial charge on any atom is 0.336 e. The van der Waals surface area contributed by atoms with Gasteiger partial charge in [-0.3, -0.25) is 4.79 Å². The van der Waals surface area contributed by atoms with Crippen LogP contribution in [-0.2, 0) is 4.79 Å². The van der Waals surface area contributed by atoms with Gasteiger partial charge in [0.25, 0.3) is 0 Å². The second-order valence-electron chi connectivity index (χ2n) is 4.42. The lowest BCUT2D eigenvalue weighted by Gasteiger charge is -2.17. The van der Waals surface area contributed by atoms with Crippen molar-refractivity contribution in [2.45, 2.75) is 26.8 Å². The molecule has 5 heteroatoms. The molecule has 0 aliphatic carbocycles. The maximum atomic E-state index is 11.8. The van der Waals surface area contributed by atoms with Crippen LogP contribution in [0.1, 0.15) is 29.8 Å².